The van der Waals surface area contributed by atoms with E-state index in [-0.39, 0.29) is 35.1 Å². The van der Waals surface area contributed by atoms with Crippen molar-refractivity contribution >= 4 is 23.1 Å². The molecule has 3 aromatic rings. The third kappa shape index (κ3) is 4.88. The second kappa shape index (κ2) is 9.31. The van der Waals surface area contributed by atoms with Gasteiger partial charge in [-0.05, 0) is 38.0 Å². The summed E-state index contributed by atoms with van der Waals surface area (Å²) in [5.41, 5.74) is 0.176. The lowest BCUT2D eigenvalue weighted by Gasteiger charge is -2.20. The van der Waals surface area contributed by atoms with Crippen molar-refractivity contribution in [2.45, 2.75) is 32.2 Å². The highest BCUT2D eigenvalue weighted by Crippen LogP contribution is 2.50. The third-order valence-electron chi connectivity index (χ3n) is 5.73. The van der Waals surface area contributed by atoms with Gasteiger partial charge < -0.3 is 10.6 Å². The Morgan fingerprint density at radius 2 is 1.91 bits per heavy atom. The van der Waals surface area contributed by atoms with E-state index in [0.717, 1.165) is 6.07 Å². The number of hydrogen-bond acceptors (Lipinski definition) is 7. The number of halogens is 2. The molecule has 1 saturated carbocycles. The predicted octanol–water partition coefficient (Wildman–Crippen LogP) is 4.00. The standard InChI is InChI=1S/C24H20F2N6O2/c1-14(31-23(34)24(4-5-24)8-21(33)16-10-28-13-29-11-16)22-19(26)7-18(12-30-22)32-20-3-2-17(25)6-15(20)9-27/h2-3,6-7,10-14,32H,4-5,8H2,1H3,(H,31,34)/t14-/m1/s1. The SMILES string of the molecule is C[C@@H](NC(=O)C1(CC(=O)c2cncnc2)CC1)c1ncc(Nc2ccc(F)cc2C#N)cc1F. The number of anilines is 2. The number of pyridine rings is 1. The molecule has 2 heterocycles. The Morgan fingerprint density at radius 3 is 2.56 bits per heavy atom. The van der Waals surface area contributed by atoms with Gasteiger partial charge in [-0.1, -0.05) is 0 Å². The number of nitriles is 1. The minimum Gasteiger partial charge on any atom is -0.353 e. The van der Waals surface area contributed by atoms with Crippen LogP contribution in [0.3, 0.4) is 0 Å². The molecule has 4 rings (SSSR count). The molecule has 2 aromatic heterocycles. The summed E-state index contributed by atoms with van der Waals surface area (Å²) in [5.74, 6) is -1.78. The maximum absolute atomic E-state index is 14.8. The van der Waals surface area contributed by atoms with Crippen LogP contribution < -0.4 is 10.6 Å². The fourth-order valence-electron chi connectivity index (χ4n) is 3.61. The molecule has 0 bridgehead atoms. The molecule has 1 atom stereocenters. The number of rotatable bonds is 8. The van der Waals surface area contributed by atoms with Crippen molar-refractivity contribution in [3.63, 3.8) is 0 Å². The van der Waals surface area contributed by atoms with Crippen molar-refractivity contribution in [3.05, 3.63) is 77.6 Å². The molecule has 10 heteroatoms. The van der Waals surface area contributed by atoms with E-state index in [2.05, 4.69) is 25.6 Å². The molecule has 1 fully saturated rings. The van der Waals surface area contributed by atoms with Gasteiger partial charge in [-0.3, -0.25) is 14.6 Å². The van der Waals surface area contributed by atoms with Gasteiger partial charge in [-0.2, -0.15) is 5.26 Å². The van der Waals surface area contributed by atoms with Gasteiger partial charge in [0, 0.05) is 24.9 Å². The van der Waals surface area contributed by atoms with Crippen molar-refractivity contribution < 1.29 is 18.4 Å². The van der Waals surface area contributed by atoms with Crippen LogP contribution >= 0.6 is 0 Å². The van der Waals surface area contributed by atoms with Gasteiger partial charge in [0.15, 0.2) is 5.78 Å². The molecule has 1 aliphatic carbocycles. The number of nitrogens with zero attached hydrogens (tertiary/aromatic N) is 4. The smallest absolute Gasteiger partial charge is 0.227 e. The maximum atomic E-state index is 14.8. The van der Waals surface area contributed by atoms with Gasteiger partial charge in [-0.25, -0.2) is 18.7 Å². The van der Waals surface area contributed by atoms with Crippen molar-refractivity contribution in [3.8, 4) is 6.07 Å². The van der Waals surface area contributed by atoms with Crippen molar-refractivity contribution in [1.29, 1.82) is 5.26 Å². The molecule has 2 N–H and O–H groups in total. The number of amides is 1. The number of aromatic nitrogens is 3. The summed E-state index contributed by atoms with van der Waals surface area (Å²) in [7, 11) is 0. The fourth-order valence-corrected chi connectivity index (χ4v) is 3.61. The Labute approximate surface area is 194 Å². The topological polar surface area (TPSA) is 121 Å². The molecule has 34 heavy (non-hydrogen) atoms. The number of ketones is 1. The molecule has 8 nitrogen and oxygen atoms in total. The molecule has 1 amide bonds. The zero-order valence-electron chi connectivity index (χ0n) is 18.2. The van der Waals surface area contributed by atoms with Crippen LogP contribution in [0.1, 0.15) is 53.8 Å². The maximum Gasteiger partial charge on any atom is 0.227 e. The predicted molar refractivity (Wildman–Crippen MR) is 118 cm³/mol. The van der Waals surface area contributed by atoms with Crippen LogP contribution in [0, 0.1) is 28.4 Å². The van der Waals surface area contributed by atoms with E-state index in [0.29, 0.717) is 24.1 Å². The largest absolute Gasteiger partial charge is 0.353 e. The number of benzene rings is 1. The van der Waals surface area contributed by atoms with E-state index >= 15 is 0 Å². The minimum absolute atomic E-state index is 0.0244. The Bertz CT molecular complexity index is 1290. The van der Waals surface area contributed by atoms with E-state index in [9.17, 15) is 18.4 Å². The van der Waals surface area contributed by atoms with Gasteiger partial charge in [0.05, 0.1) is 45.8 Å². The lowest BCUT2D eigenvalue weighted by molar-refractivity contribution is -0.127. The fraction of sp³-hybridized carbons (Fsp3) is 0.250. The van der Waals surface area contributed by atoms with E-state index in [1.807, 2.05) is 6.07 Å². The summed E-state index contributed by atoms with van der Waals surface area (Å²) in [6.45, 7) is 1.60. The number of nitrogens with one attached hydrogen (secondary N) is 2. The zero-order chi connectivity index (χ0) is 24.3. The number of hydrogen-bond donors (Lipinski definition) is 2. The first kappa shape index (κ1) is 22.9. The number of carbonyl (C=O) groups is 2. The molecule has 0 aliphatic heterocycles. The first-order chi connectivity index (χ1) is 16.3. The van der Waals surface area contributed by atoms with Gasteiger partial charge in [0.2, 0.25) is 5.91 Å². The summed E-state index contributed by atoms with van der Waals surface area (Å²) in [6.07, 6.45) is 6.64. The van der Waals surface area contributed by atoms with Crippen LogP contribution in [0.4, 0.5) is 20.2 Å². The van der Waals surface area contributed by atoms with Crippen LogP contribution in [0.25, 0.3) is 0 Å². The summed E-state index contributed by atoms with van der Waals surface area (Å²) in [4.78, 5) is 37.1. The van der Waals surface area contributed by atoms with E-state index in [1.54, 1.807) is 6.92 Å². The molecule has 0 saturated heterocycles. The third-order valence-corrected chi connectivity index (χ3v) is 5.73. The van der Waals surface area contributed by atoms with Crippen molar-refractivity contribution in [2.75, 3.05) is 5.32 Å². The second-order valence-corrected chi connectivity index (χ2v) is 8.22. The van der Waals surface area contributed by atoms with Crippen LogP contribution in [0.2, 0.25) is 0 Å². The first-order valence-electron chi connectivity index (χ1n) is 10.5. The molecule has 0 unspecified atom stereocenters. The Morgan fingerprint density at radius 1 is 1.18 bits per heavy atom. The summed E-state index contributed by atoms with van der Waals surface area (Å²) in [5, 5.41) is 14.8. The first-order valence-corrected chi connectivity index (χ1v) is 10.5. The van der Waals surface area contributed by atoms with Crippen LogP contribution in [-0.4, -0.2) is 26.6 Å². The lowest BCUT2D eigenvalue weighted by atomic mass is 9.95. The van der Waals surface area contributed by atoms with Gasteiger partial charge in [0.1, 0.15) is 24.0 Å². The number of carbonyl (C=O) groups excluding carboxylic acids is 2. The molecular weight excluding hydrogens is 442 g/mol. The summed E-state index contributed by atoms with van der Waals surface area (Å²) >= 11 is 0. The molecule has 172 valence electrons. The van der Waals surface area contributed by atoms with E-state index < -0.39 is 23.1 Å². The highest BCUT2D eigenvalue weighted by Gasteiger charge is 2.51. The van der Waals surface area contributed by atoms with Crippen molar-refractivity contribution in [2.24, 2.45) is 5.41 Å². The van der Waals surface area contributed by atoms with Crippen LogP contribution in [-0.2, 0) is 4.79 Å². The zero-order valence-corrected chi connectivity index (χ0v) is 18.2. The monoisotopic (exact) mass is 462 g/mol. The Balaban J connectivity index is 1.42. The Kier molecular flexibility index (Phi) is 6.27. The second-order valence-electron chi connectivity index (χ2n) is 8.22. The average molecular weight is 462 g/mol. The van der Waals surface area contributed by atoms with E-state index in [4.69, 9.17) is 5.26 Å². The van der Waals surface area contributed by atoms with Crippen molar-refractivity contribution in [1.82, 2.24) is 20.3 Å². The minimum atomic E-state index is -0.824. The van der Waals surface area contributed by atoms with Gasteiger partial charge in [-0.15, -0.1) is 0 Å². The number of Topliss-reactive ketones (excluding diaryl/α,β-unsaturated/α-hetero) is 1. The van der Waals surface area contributed by atoms with E-state index in [1.165, 1.54) is 43.1 Å². The summed E-state index contributed by atoms with van der Waals surface area (Å²) in [6, 6.07) is 5.94. The van der Waals surface area contributed by atoms with Crippen LogP contribution in [0.15, 0.2) is 49.2 Å². The molecule has 0 spiro atoms. The quantitative estimate of drug-likeness (QED) is 0.486. The molecule has 1 aromatic carbocycles. The lowest BCUT2D eigenvalue weighted by Crippen LogP contribution is -2.36. The highest BCUT2D eigenvalue weighted by molar-refractivity contribution is 6.00. The van der Waals surface area contributed by atoms with Gasteiger partial charge >= 0.3 is 0 Å². The van der Waals surface area contributed by atoms with Gasteiger partial charge in [0.25, 0.3) is 0 Å². The molecular formula is C24H20F2N6O2. The molecule has 0 radical (unpaired) electrons. The van der Waals surface area contributed by atoms with Crippen LogP contribution in [0.5, 0.6) is 0 Å². The summed E-state index contributed by atoms with van der Waals surface area (Å²) < 4.78 is 28.1. The highest BCUT2D eigenvalue weighted by atomic mass is 19.1. The normalized spacial score (nSPS) is 14.5. The Hall–Kier alpha value is -4.26. The molecule has 1 aliphatic rings. The average Bonchev–Trinajstić information content (AvgIpc) is 3.61.